The second-order valence-corrected chi connectivity index (χ2v) is 5.44. The van der Waals surface area contributed by atoms with E-state index in [1.54, 1.807) is 6.07 Å². The maximum atomic E-state index is 6.05. The lowest BCUT2D eigenvalue weighted by Crippen LogP contribution is -1.82. The molecule has 0 aliphatic heterocycles. The minimum absolute atomic E-state index is 0.245. The first kappa shape index (κ1) is 12.7. The van der Waals surface area contributed by atoms with E-state index in [-0.39, 0.29) is 5.15 Å². The third-order valence-corrected chi connectivity index (χ3v) is 3.59. The summed E-state index contributed by atoms with van der Waals surface area (Å²) >= 11 is 17.9. The van der Waals surface area contributed by atoms with Crippen molar-refractivity contribution in [2.24, 2.45) is 0 Å². The van der Waals surface area contributed by atoms with Crippen molar-refractivity contribution in [3.8, 4) is 11.4 Å². The van der Waals surface area contributed by atoms with Crippen LogP contribution in [0, 0.1) is 6.92 Å². The molecule has 96 valence electrons. The molecule has 2 aromatic heterocycles. The quantitative estimate of drug-likeness (QED) is 0.650. The van der Waals surface area contributed by atoms with Gasteiger partial charge >= 0.3 is 0 Å². The summed E-state index contributed by atoms with van der Waals surface area (Å²) in [5.74, 6) is 0.687. The van der Waals surface area contributed by atoms with Crippen LogP contribution in [0.15, 0.2) is 24.3 Å². The summed E-state index contributed by atoms with van der Waals surface area (Å²) in [5, 5.41) is 1.31. The molecule has 1 aromatic carbocycles. The molecule has 0 aliphatic rings. The number of benzene rings is 1. The van der Waals surface area contributed by atoms with E-state index in [9.17, 15) is 0 Å². The zero-order valence-electron chi connectivity index (χ0n) is 9.84. The van der Waals surface area contributed by atoms with E-state index in [0.717, 1.165) is 16.6 Å². The number of imidazole rings is 1. The van der Waals surface area contributed by atoms with Gasteiger partial charge in [-0.15, -0.1) is 0 Å². The van der Waals surface area contributed by atoms with Crippen molar-refractivity contribution in [3.63, 3.8) is 0 Å². The van der Waals surface area contributed by atoms with Crippen LogP contribution in [-0.2, 0) is 0 Å². The number of aryl methyl sites for hydroxylation is 1. The molecule has 0 aliphatic carbocycles. The molecule has 1 N–H and O–H groups in total. The lowest BCUT2D eigenvalue weighted by molar-refractivity contribution is 1.29. The van der Waals surface area contributed by atoms with Gasteiger partial charge in [0.1, 0.15) is 11.0 Å². The van der Waals surface area contributed by atoms with E-state index in [0.29, 0.717) is 21.5 Å². The average molecular weight is 313 g/mol. The number of aromatic amines is 1. The third-order valence-electron chi connectivity index (χ3n) is 2.70. The Morgan fingerprint density at radius 2 is 1.79 bits per heavy atom. The summed E-state index contributed by atoms with van der Waals surface area (Å²) < 4.78 is 0. The van der Waals surface area contributed by atoms with Crippen molar-refractivity contribution in [2.45, 2.75) is 6.92 Å². The van der Waals surface area contributed by atoms with Crippen LogP contribution in [-0.4, -0.2) is 15.0 Å². The molecular weight excluding hydrogens is 305 g/mol. The van der Waals surface area contributed by atoms with Crippen LogP contribution in [0.4, 0.5) is 0 Å². The molecule has 0 saturated carbocycles. The smallest absolute Gasteiger partial charge is 0.179 e. The van der Waals surface area contributed by atoms with E-state index in [4.69, 9.17) is 34.8 Å². The number of halogens is 3. The van der Waals surface area contributed by atoms with Crippen LogP contribution in [0.5, 0.6) is 0 Å². The van der Waals surface area contributed by atoms with Crippen molar-refractivity contribution in [2.75, 3.05) is 0 Å². The molecule has 6 heteroatoms. The first-order valence-electron chi connectivity index (χ1n) is 5.52. The fraction of sp³-hybridized carbons (Fsp3) is 0.0769. The number of aromatic nitrogens is 3. The van der Waals surface area contributed by atoms with Crippen LogP contribution in [0.25, 0.3) is 22.6 Å². The SMILES string of the molecule is Cc1cc(Cl)cc(-c2nc3nc(Cl)c(Cl)cc3[nH]2)c1. The summed E-state index contributed by atoms with van der Waals surface area (Å²) in [6, 6.07) is 7.43. The largest absolute Gasteiger partial charge is 0.337 e. The highest BCUT2D eigenvalue weighted by atomic mass is 35.5. The Bertz CT molecular complexity index is 721. The predicted molar refractivity (Wildman–Crippen MR) is 79.1 cm³/mol. The highest BCUT2D eigenvalue weighted by Crippen LogP contribution is 2.27. The summed E-state index contributed by atoms with van der Waals surface area (Å²) in [7, 11) is 0. The molecular formula is C13H8Cl3N3. The Labute approximate surface area is 124 Å². The van der Waals surface area contributed by atoms with Gasteiger partial charge in [0, 0.05) is 10.6 Å². The Morgan fingerprint density at radius 1 is 1.00 bits per heavy atom. The van der Waals surface area contributed by atoms with Gasteiger partial charge in [-0.3, -0.25) is 0 Å². The molecule has 3 aromatic rings. The van der Waals surface area contributed by atoms with Gasteiger partial charge in [0.15, 0.2) is 5.65 Å². The van der Waals surface area contributed by atoms with Crippen molar-refractivity contribution < 1.29 is 0 Å². The molecule has 0 unspecified atom stereocenters. The molecule has 3 nitrogen and oxygen atoms in total. The molecule has 0 radical (unpaired) electrons. The van der Waals surface area contributed by atoms with Gasteiger partial charge in [0.05, 0.1) is 10.5 Å². The number of pyridine rings is 1. The molecule has 0 amide bonds. The normalized spacial score (nSPS) is 11.2. The number of hydrogen-bond donors (Lipinski definition) is 1. The van der Waals surface area contributed by atoms with Crippen LogP contribution in [0.3, 0.4) is 0 Å². The van der Waals surface area contributed by atoms with Crippen molar-refractivity contribution in [3.05, 3.63) is 45.0 Å². The monoisotopic (exact) mass is 311 g/mol. The lowest BCUT2D eigenvalue weighted by atomic mass is 10.1. The minimum Gasteiger partial charge on any atom is -0.337 e. The number of rotatable bonds is 1. The van der Waals surface area contributed by atoms with Crippen molar-refractivity contribution in [1.82, 2.24) is 15.0 Å². The highest BCUT2D eigenvalue weighted by Gasteiger charge is 2.10. The first-order valence-corrected chi connectivity index (χ1v) is 6.65. The molecule has 0 bridgehead atoms. The summed E-state index contributed by atoms with van der Waals surface area (Å²) in [4.78, 5) is 11.7. The van der Waals surface area contributed by atoms with Gasteiger partial charge in [-0.1, -0.05) is 34.8 Å². The minimum atomic E-state index is 0.245. The number of fused-ring (bicyclic) bond motifs is 1. The first-order chi connectivity index (χ1) is 9.02. The second-order valence-electron chi connectivity index (χ2n) is 4.23. The highest BCUT2D eigenvalue weighted by molar-refractivity contribution is 6.41. The van der Waals surface area contributed by atoms with Crippen LogP contribution in [0.2, 0.25) is 15.2 Å². The van der Waals surface area contributed by atoms with Gasteiger partial charge in [-0.2, -0.15) is 0 Å². The van der Waals surface area contributed by atoms with E-state index in [2.05, 4.69) is 15.0 Å². The van der Waals surface area contributed by atoms with Crippen molar-refractivity contribution >= 4 is 46.0 Å². The molecule has 19 heavy (non-hydrogen) atoms. The van der Waals surface area contributed by atoms with E-state index < -0.39 is 0 Å². The van der Waals surface area contributed by atoms with Gasteiger partial charge in [0.2, 0.25) is 0 Å². The maximum absolute atomic E-state index is 6.05. The molecule has 0 saturated heterocycles. The fourth-order valence-electron chi connectivity index (χ4n) is 1.91. The predicted octanol–water partition coefficient (Wildman–Crippen LogP) is 4.89. The van der Waals surface area contributed by atoms with E-state index in [1.807, 2.05) is 25.1 Å². The average Bonchev–Trinajstić information content (AvgIpc) is 2.71. The molecule has 0 fully saturated rings. The number of nitrogens with one attached hydrogen (secondary N) is 1. The van der Waals surface area contributed by atoms with Crippen molar-refractivity contribution in [1.29, 1.82) is 0 Å². The van der Waals surface area contributed by atoms with Gasteiger partial charge in [-0.25, -0.2) is 9.97 Å². The molecule has 2 heterocycles. The molecule has 3 rings (SSSR count). The van der Waals surface area contributed by atoms with Crippen LogP contribution < -0.4 is 0 Å². The zero-order valence-corrected chi connectivity index (χ0v) is 12.1. The standard InChI is InChI=1S/C13H8Cl3N3/c1-6-2-7(4-8(14)3-6)12-17-10-5-9(15)11(16)18-13(10)19-12/h2-5H,1H3,(H,17,18,19). The van der Waals surface area contributed by atoms with Gasteiger partial charge < -0.3 is 4.98 Å². The molecule has 0 atom stereocenters. The van der Waals surface area contributed by atoms with Gasteiger partial charge in [0.25, 0.3) is 0 Å². The lowest BCUT2D eigenvalue weighted by Gasteiger charge is -2.00. The third kappa shape index (κ3) is 2.41. The number of hydrogen-bond acceptors (Lipinski definition) is 2. The van der Waals surface area contributed by atoms with Gasteiger partial charge in [-0.05, 0) is 36.8 Å². The number of nitrogens with zero attached hydrogens (tertiary/aromatic N) is 2. The Hall–Kier alpha value is -1.29. The Morgan fingerprint density at radius 3 is 2.53 bits per heavy atom. The summed E-state index contributed by atoms with van der Waals surface area (Å²) in [5.41, 5.74) is 3.23. The van der Waals surface area contributed by atoms with Crippen LogP contribution >= 0.6 is 34.8 Å². The fourth-order valence-corrected chi connectivity index (χ4v) is 2.48. The summed E-state index contributed by atoms with van der Waals surface area (Å²) in [6.07, 6.45) is 0. The van der Waals surface area contributed by atoms with E-state index >= 15 is 0 Å². The Kier molecular flexibility index (Phi) is 3.13. The maximum Gasteiger partial charge on any atom is 0.179 e. The summed E-state index contributed by atoms with van der Waals surface area (Å²) in [6.45, 7) is 1.98. The van der Waals surface area contributed by atoms with Crippen LogP contribution in [0.1, 0.15) is 5.56 Å². The Balaban J connectivity index is 2.20. The van der Waals surface area contributed by atoms with E-state index in [1.165, 1.54) is 0 Å². The number of H-pyrrole nitrogens is 1. The topological polar surface area (TPSA) is 41.6 Å². The zero-order chi connectivity index (χ0) is 13.6. The molecule has 0 spiro atoms. The second kappa shape index (κ2) is 4.67.